The standard InChI is InChI=1S/C17H14ClN5O2S/c1-10-19-15(21-25-10)8-22(2)16(24)14-9-26-17-20-13(7-23(14)17)11-3-5-12(18)6-4-11/h3-7,9H,8H2,1-2H3. The Morgan fingerprint density at radius 2 is 2.08 bits per heavy atom. The number of imidazole rings is 1. The van der Waals surface area contributed by atoms with Crippen LogP contribution in [0.2, 0.25) is 5.02 Å². The molecule has 3 aromatic heterocycles. The van der Waals surface area contributed by atoms with Gasteiger partial charge >= 0.3 is 0 Å². The first-order chi connectivity index (χ1) is 12.5. The second-order valence-corrected chi connectivity index (χ2v) is 7.07. The van der Waals surface area contributed by atoms with Crippen LogP contribution in [0, 0.1) is 6.92 Å². The quantitative estimate of drug-likeness (QED) is 0.533. The van der Waals surface area contributed by atoms with Gasteiger partial charge in [-0.05, 0) is 12.1 Å². The molecule has 7 nitrogen and oxygen atoms in total. The van der Waals surface area contributed by atoms with Gasteiger partial charge in [-0.15, -0.1) is 11.3 Å². The van der Waals surface area contributed by atoms with E-state index in [0.717, 1.165) is 16.2 Å². The van der Waals surface area contributed by atoms with E-state index in [4.69, 9.17) is 16.1 Å². The molecule has 0 bridgehead atoms. The molecule has 26 heavy (non-hydrogen) atoms. The zero-order chi connectivity index (χ0) is 18.3. The first kappa shape index (κ1) is 16.7. The molecule has 132 valence electrons. The van der Waals surface area contributed by atoms with Gasteiger partial charge in [0.2, 0.25) is 5.89 Å². The molecule has 0 aliphatic rings. The van der Waals surface area contributed by atoms with Crippen molar-refractivity contribution in [3.63, 3.8) is 0 Å². The molecule has 0 radical (unpaired) electrons. The number of carbonyl (C=O) groups is 1. The van der Waals surface area contributed by atoms with Gasteiger partial charge in [0, 0.05) is 36.1 Å². The van der Waals surface area contributed by atoms with Gasteiger partial charge in [-0.2, -0.15) is 4.98 Å². The van der Waals surface area contributed by atoms with Crippen molar-refractivity contribution in [1.82, 2.24) is 24.4 Å². The lowest BCUT2D eigenvalue weighted by Gasteiger charge is -2.14. The third-order valence-electron chi connectivity index (χ3n) is 3.86. The topological polar surface area (TPSA) is 76.5 Å². The fourth-order valence-electron chi connectivity index (χ4n) is 2.58. The summed E-state index contributed by atoms with van der Waals surface area (Å²) >= 11 is 7.35. The monoisotopic (exact) mass is 387 g/mol. The second-order valence-electron chi connectivity index (χ2n) is 5.80. The predicted octanol–water partition coefficient (Wildman–Crippen LogP) is 3.68. The highest BCUT2D eigenvalue weighted by Gasteiger charge is 2.20. The molecule has 4 rings (SSSR count). The van der Waals surface area contributed by atoms with Crippen LogP contribution in [0.3, 0.4) is 0 Å². The summed E-state index contributed by atoms with van der Waals surface area (Å²) < 4.78 is 6.75. The van der Waals surface area contributed by atoms with Crippen LogP contribution in [0.25, 0.3) is 16.2 Å². The molecule has 0 N–H and O–H groups in total. The summed E-state index contributed by atoms with van der Waals surface area (Å²) in [6.45, 7) is 1.98. The van der Waals surface area contributed by atoms with Gasteiger partial charge in [0.05, 0.1) is 12.2 Å². The van der Waals surface area contributed by atoms with E-state index in [-0.39, 0.29) is 12.5 Å². The number of fused-ring (bicyclic) bond motifs is 1. The summed E-state index contributed by atoms with van der Waals surface area (Å²) in [5.41, 5.74) is 2.28. The molecule has 0 aliphatic carbocycles. The number of aromatic nitrogens is 4. The average molecular weight is 388 g/mol. The van der Waals surface area contributed by atoms with Crippen molar-refractivity contribution in [3.05, 3.63) is 58.3 Å². The lowest BCUT2D eigenvalue weighted by atomic mass is 10.2. The van der Waals surface area contributed by atoms with Crippen molar-refractivity contribution >= 4 is 33.8 Å². The lowest BCUT2D eigenvalue weighted by molar-refractivity contribution is 0.0774. The van der Waals surface area contributed by atoms with Crippen molar-refractivity contribution in [3.8, 4) is 11.3 Å². The Hall–Kier alpha value is -2.71. The molecule has 9 heteroatoms. The minimum absolute atomic E-state index is 0.140. The number of hydrogen-bond donors (Lipinski definition) is 0. The third kappa shape index (κ3) is 3.09. The lowest BCUT2D eigenvalue weighted by Crippen LogP contribution is -2.27. The van der Waals surface area contributed by atoms with E-state index in [9.17, 15) is 4.79 Å². The maximum atomic E-state index is 12.8. The number of nitrogens with zero attached hydrogens (tertiary/aromatic N) is 5. The van der Waals surface area contributed by atoms with Crippen LogP contribution in [0.5, 0.6) is 0 Å². The fraction of sp³-hybridized carbons (Fsp3) is 0.176. The summed E-state index contributed by atoms with van der Waals surface area (Å²) in [6.07, 6.45) is 1.86. The van der Waals surface area contributed by atoms with Crippen LogP contribution in [0.4, 0.5) is 0 Å². The normalized spacial score (nSPS) is 11.2. The maximum absolute atomic E-state index is 12.8. The maximum Gasteiger partial charge on any atom is 0.271 e. The largest absolute Gasteiger partial charge is 0.340 e. The zero-order valence-corrected chi connectivity index (χ0v) is 15.6. The van der Waals surface area contributed by atoms with Crippen molar-refractivity contribution in [1.29, 1.82) is 0 Å². The molecule has 0 atom stereocenters. The summed E-state index contributed by atoms with van der Waals surface area (Å²) in [6, 6.07) is 7.44. The van der Waals surface area contributed by atoms with Crippen molar-refractivity contribution in [2.75, 3.05) is 7.05 Å². The molecular weight excluding hydrogens is 374 g/mol. The first-order valence-corrected chi connectivity index (χ1v) is 9.04. The minimum atomic E-state index is -0.140. The predicted molar refractivity (Wildman–Crippen MR) is 98.3 cm³/mol. The molecule has 0 saturated heterocycles. The Morgan fingerprint density at radius 3 is 2.77 bits per heavy atom. The van der Waals surface area contributed by atoms with Gasteiger partial charge in [0.25, 0.3) is 5.91 Å². The molecular formula is C17H14ClN5O2S. The molecule has 3 heterocycles. The van der Waals surface area contributed by atoms with Crippen LogP contribution in [-0.4, -0.2) is 37.4 Å². The Balaban J connectivity index is 1.61. The molecule has 0 unspecified atom stereocenters. The molecule has 0 spiro atoms. The number of amides is 1. The number of rotatable bonds is 4. The average Bonchev–Trinajstić information content (AvgIpc) is 3.30. The van der Waals surface area contributed by atoms with Crippen LogP contribution >= 0.6 is 22.9 Å². The van der Waals surface area contributed by atoms with Gasteiger partial charge in [-0.1, -0.05) is 28.9 Å². The second kappa shape index (κ2) is 6.54. The molecule has 1 amide bonds. The minimum Gasteiger partial charge on any atom is -0.340 e. The smallest absolute Gasteiger partial charge is 0.271 e. The van der Waals surface area contributed by atoms with Crippen LogP contribution < -0.4 is 0 Å². The number of benzene rings is 1. The summed E-state index contributed by atoms with van der Waals surface area (Å²) in [7, 11) is 1.70. The van der Waals surface area contributed by atoms with Crippen LogP contribution in [0.1, 0.15) is 22.2 Å². The summed E-state index contributed by atoms with van der Waals surface area (Å²) in [5.74, 6) is 0.803. The van der Waals surface area contributed by atoms with Crippen LogP contribution in [-0.2, 0) is 6.54 Å². The van der Waals surface area contributed by atoms with Gasteiger partial charge in [-0.25, -0.2) is 4.98 Å². The SMILES string of the molecule is Cc1nc(CN(C)C(=O)c2csc3nc(-c4ccc(Cl)cc4)cn23)no1. The third-order valence-corrected chi connectivity index (χ3v) is 4.95. The fourth-order valence-corrected chi connectivity index (χ4v) is 3.56. The Bertz CT molecular complexity index is 1080. The molecule has 0 saturated carbocycles. The summed E-state index contributed by atoms with van der Waals surface area (Å²) in [4.78, 5) is 23.8. The number of hydrogen-bond acceptors (Lipinski definition) is 6. The van der Waals surface area contributed by atoms with E-state index in [1.807, 2.05) is 30.5 Å². The Labute approximate surface area is 157 Å². The zero-order valence-electron chi connectivity index (χ0n) is 14.0. The molecule has 0 aliphatic heterocycles. The Kier molecular flexibility index (Phi) is 4.21. The highest BCUT2D eigenvalue weighted by atomic mass is 35.5. The van der Waals surface area contributed by atoms with E-state index in [1.165, 1.54) is 11.3 Å². The molecule has 0 fully saturated rings. The van der Waals surface area contributed by atoms with E-state index in [1.54, 1.807) is 28.7 Å². The van der Waals surface area contributed by atoms with E-state index in [2.05, 4.69) is 15.1 Å². The van der Waals surface area contributed by atoms with Gasteiger partial charge in [0.15, 0.2) is 10.8 Å². The van der Waals surface area contributed by atoms with Gasteiger partial charge in [-0.3, -0.25) is 9.20 Å². The van der Waals surface area contributed by atoms with E-state index in [0.29, 0.717) is 22.4 Å². The molecule has 1 aromatic carbocycles. The summed E-state index contributed by atoms with van der Waals surface area (Å²) in [5, 5.41) is 6.30. The van der Waals surface area contributed by atoms with Gasteiger partial charge < -0.3 is 9.42 Å². The Morgan fingerprint density at radius 1 is 1.31 bits per heavy atom. The number of aryl methyl sites for hydroxylation is 1. The van der Waals surface area contributed by atoms with Crippen molar-refractivity contribution in [2.45, 2.75) is 13.5 Å². The van der Waals surface area contributed by atoms with Gasteiger partial charge in [0.1, 0.15) is 5.69 Å². The van der Waals surface area contributed by atoms with Crippen LogP contribution in [0.15, 0.2) is 40.4 Å². The van der Waals surface area contributed by atoms with Crippen molar-refractivity contribution in [2.24, 2.45) is 0 Å². The number of carbonyl (C=O) groups excluding carboxylic acids is 1. The number of thiazole rings is 1. The molecule has 4 aromatic rings. The highest BCUT2D eigenvalue weighted by molar-refractivity contribution is 7.15. The number of halogens is 1. The van der Waals surface area contributed by atoms with E-state index >= 15 is 0 Å². The van der Waals surface area contributed by atoms with E-state index < -0.39 is 0 Å². The highest BCUT2D eigenvalue weighted by Crippen LogP contribution is 2.25. The first-order valence-electron chi connectivity index (χ1n) is 7.78. The van der Waals surface area contributed by atoms with Crippen molar-refractivity contribution < 1.29 is 9.32 Å².